The van der Waals surface area contributed by atoms with Gasteiger partial charge >= 0.3 is 0 Å². The third-order valence-corrected chi connectivity index (χ3v) is 7.86. The minimum atomic E-state index is 0.228. The van der Waals surface area contributed by atoms with Crippen LogP contribution < -0.4 is 0 Å². The first kappa shape index (κ1) is 32.0. The van der Waals surface area contributed by atoms with Gasteiger partial charge in [-0.1, -0.05) is 36.4 Å². The number of phenolic OH excluding ortho intramolecular Hbond substituents is 2. The smallest absolute Gasteiger partial charge is 0.146 e. The molecular weight excluding hydrogens is 560 g/mol. The minimum absolute atomic E-state index is 0.228. The van der Waals surface area contributed by atoms with Gasteiger partial charge in [-0.3, -0.25) is 9.80 Å². The lowest BCUT2D eigenvalue weighted by molar-refractivity contribution is 0.00612. The number of pyridine rings is 2. The molecule has 10 heteroatoms. The first-order chi connectivity index (χ1) is 21.5. The summed E-state index contributed by atoms with van der Waals surface area (Å²) >= 11 is 0. The molecule has 2 aromatic carbocycles. The first-order valence-electron chi connectivity index (χ1n) is 15.4. The Morgan fingerprint density at radius 2 is 0.864 bits per heavy atom. The molecule has 0 amide bonds. The third kappa shape index (κ3) is 8.84. The fraction of sp³-hybridized carbons (Fsp3) is 0.471. The van der Waals surface area contributed by atoms with E-state index in [-0.39, 0.29) is 11.5 Å². The first-order valence-corrected chi connectivity index (χ1v) is 15.4. The van der Waals surface area contributed by atoms with Crippen LogP contribution in [0.2, 0.25) is 0 Å². The van der Waals surface area contributed by atoms with E-state index in [4.69, 9.17) is 18.9 Å². The standard InChI is InChI=1S/C34H44N4O6/c1-25-3-5-27-7-9-29(33(39)31(27)35-25)23-37-11-15-41-19-21-43-17-13-38(14-18-44-22-20-42-16-12-37)24-30-10-8-28-6-4-26(2)36-32(28)34(30)40/h3-10,39-40H,11-24H2,1-2H3. The van der Waals surface area contributed by atoms with Crippen LogP contribution in [0, 0.1) is 13.8 Å². The van der Waals surface area contributed by atoms with E-state index in [1.807, 2.05) is 62.4 Å². The van der Waals surface area contributed by atoms with Crippen LogP contribution >= 0.6 is 0 Å². The van der Waals surface area contributed by atoms with Crippen molar-refractivity contribution in [3.05, 3.63) is 71.0 Å². The van der Waals surface area contributed by atoms with Crippen LogP contribution in [-0.4, -0.2) is 109 Å². The monoisotopic (exact) mass is 604 g/mol. The number of hydrogen-bond donors (Lipinski definition) is 2. The number of benzene rings is 2. The lowest BCUT2D eigenvalue weighted by atomic mass is 10.1. The van der Waals surface area contributed by atoms with Gasteiger partial charge in [0.1, 0.15) is 22.5 Å². The molecule has 3 heterocycles. The average Bonchev–Trinajstić information content (AvgIpc) is 3.02. The highest BCUT2D eigenvalue weighted by Crippen LogP contribution is 2.29. The lowest BCUT2D eigenvalue weighted by Crippen LogP contribution is -2.32. The summed E-state index contributed by atoms with van der Waals surface area (Å²) in [5.74, 6) is 0.455. The number of phenols is 2. The van der Waals surface area contributed by atoms with Gasteiger partial charge in [0.15, 0.2) is 0 Å². The molecule has 1 aliphatic rings. The fourth-order valence-corrected chi connectivity index (χ4v) is 5.32. The van der Waals surface area contributed by atoms with Crippen LogP contribution in [0.15, 0.2) is 48.5 Å². The van der Waals surface area contributed by atoms with E-state index < -0.39 is 0 Å². The molecule has 0 saturated carbocycles. The molecule has 1 saturated heterocycles. The Bertz CT molecular complexity index is 1380. The van der Waals surface area contributed by atoms with Crippen molar-refractivity contribution in [3.8, 4) is 11.5 Å². The molecule has 0 atom stereocenters. The van der Waals surface area contributed by atoms with Crippen molar-refractivity contribution >= 4 is 21.8 Å². The zero-order chi connectivity index (χ0) is 30.7. The summed E-state index contributed by atoms with van der Waals surface area (Å²) in [6, 6.07) is 15.8. The number of fused-ring (bicyclic) bond motifs is 2. The van der Waals surface area contributed by atoms with Crippen LogP contribution in [0.3, 0.4) is 0 Å². The molecule has 2 aromatic heterocycles. The van der Waals surface area contributed by atoms with Crippen LogP contribution in [0.1, 0.15) is 22.5 Å². The maximum atomic E-state index is 11.0. The summed E-state index contributed by atoms with van der Waals surface area (Å²) in [6.07, 6.45) is 0. The van der Waals surface area contributed by atoms with Crippen molar-refractivity contribution in [3.63, 3.8) is 0 Å². The molecule has 2 N–H and O–H groups in total. The summed E-state index contributed by atoms with van der Waals surface area (Å²) in [5, 5.41) is 23.7. The Morgan fingerprint density at radius 3 is 1.23 bits per heavy atom. The largest absolute Gasteiger partial charge is 0.505 e. The van der Waals surface area contributed by atoms with Crippen molar-refractivity contribution in [1.82, 2.24) is 19.8 Å². The second-order valence-corrected chi connectivity index (χ2v) is 11.2. The number of aryl methyl sites for hydroxylation is 2. The second-order valence-electron chi connectivity index (χ2n) is 11.2. The normalized spacial score (nSPS) is 17.9. The number of aromatic nitrogens is 2. The Kier molecular flexibility index (Phi) is 11.7. The van der Waals surface area contributed by atoms with Gasteiger partial charge < -0.3 is 29.2 Å². The molecule has 44 heavy (non-hydrogen) atoms. The molecule has 236 valence electrons. The molecule has 0 radical (unpaired) electrons. The molecule has 0 aliphatic carbocycles. The predicted octanol–water partition coefficient (Wildman–Crippen LogP) is 4.20. The summed E-state index contributed by atoms with van der Waals surface area (Å²) in [6.45, 7) is 11.9. The van der Waals surface area contributed by atoms with Gasteiger partial charge in [0.05, 0.1) is 52.9 Å². The Hall–Kier alpha value is -3.38. The Balaban J connectivity index is 1.14. The molecular formula is C34H44N4O6. The molecule has 0 unspecified atom stereocenters. The van der Waals surface area contributed by atoms with E-state index in [2.05, 4.69) is 19.8 Å². The van der Waals surface area contributed by atoms with Gasteiger partial charge in [-0.2, -0.15) is 0 Å². The van der Waals surface area contributed by atoms with Crippen molar-refractivity contribution in [1.29, 1.82) is 0 Å². The molecule has 5 rings (SSSR count). The van der Waals surface area contributed by atoms with Crippen LogP contribution in [0.5, 0.6) is 11.5 Å². The quantitative estimate of drug-likeness (QED) is 0.352. The van der Waals surface area contributed by atoms with Crippen LogP contribution in [0.25, 0.3) is 21.8 Å². The highest BCUT2D eigenvalue weighted by molar-refractivity contribution is 5.86. The number of nitrogens with zero attached hydrogens (tertiary/aromatic N) is 4. The molecule has 4 aromatic rings. The van der Waals surface area contributed by atoms with E-state index in [0.29, 0.717) is 103 Å². The van der Waals surface area contributed by atoms with E-state index in [9.17, 15) is 10.2 Å². The Morgan fingerprint density at radius 1 is 0.523 bits per heavy atom. The highest BCUT2D eigenvalue weighted by atomic mass is 16.5. The number of rotatable bonds is 4. The van der Waals surface area contributed by atoms with E-state index in [0.717, 1.165) is 33.3 Å². The number of aromatic hydroxyl groups is 2. The average molecular weight is 605 g/mol. The fourth-order valence-electron chi connectivity index (χ4n) is 5.32. The SMILES string of the molecule is Cc1ccc2ccc(CN3CCOCCOCCN(Cc4ccc5ccc(C)nc5c4O)CCOCCOCC3)c(O)c2n1. The van der Waals surface area contributed by atoms with Crippen LogP contribution in [0.4, 0.5) is 0 Å². The van der Waals surface area contributed by atoms with Crippen molar-refractivity contribution in [2.24, 2.45) is 0 Å². The van der Waals surface area contributed by atoms with Crippen molar-refractivity contribution in [2.45, 2.75) is 26.9 Å². The van der Waals surface area contributed by atoms with Gasteiger partial charge in [-0.25, -0.2) is 9.97 Å². The lowest BCUT2D eigenvalue weighted by Gasteiger charge is -2.24. The summed E-state index contributed by atoms with van der Waals surface area (Å²) in [5.41, 5.74) is 4.67. The number of hydrogen-bond acceptors (Lipinski definition) is 10. The van der Waals surface area contributed by atoms with Gasteiger partial charge in [-0.05, 0) is 26.0 Å². The molecule has 1 fully saturated rings. The van der Waals surface area contributed by atoms with Crippen LogP contribution in [-0.2, 0) is 32.0 Å². The zero-order valence-electron chi connectivity index (χ0n) is 25.8. The zero-order valence-corrected chi connectivity index (χ0v) is 25.8. The van der Waals surface area contributed by atoms with E-state index in [1.165, 1.54) is 0 Å². The molecule has 0 bridgehead atoms. The summed E-state index contributed by atoms with van der Waals surface area (Å²) in [4.78, 5) is 13.5. The topological polar surface area (TPSA) is 110 Å². The number of ether oxygens (including phenoxy) is 4. The van der Waals surface area contributed by atoms with Crippen molar-refractivity contribution in [2.75, 3.05) is 79.0 Å². The van der Waals surface area contributed by atoms with E-state index in [1.54, 1.807) is 0 Å². The summed E-state index contributed by atoms with van der Waals surface area (Å²) < 4.78 is 23.6. The van der Waals surface area contributed by atoms with Crippen molar-refractivity contribution < 1.29 is 29.2 Å². The van der Waals surface area contributed by atoms with E-state index >= 15 is 0 Å². The predicted molar refractivity (Wildman–Crippen MR) is 170 cm³/mol. The van der Waals surface area contributed by atoms with Gasteiger partial charge in [0.25, 0.3) is 0 Å². The highest BCUT2D eigenvalue weighted by Gasteiger charge is 2.15. The molecule has 0 spiro atoms. The second kappa shape index (κ2) is 16.1. The molecule has 1 aliphatic heterocycles. The van der Waals surface area contributed by atoms with Gasteiger partial charge in [-0.15, -0.1) is 0 Å². The van der Waals surface area contributed by atoms with Gasteiger partial charge in [0, 0.05) is 72.6 Å². The summed E-state index contributed by atoms with van der Waals surface area (Å²) in [7, 11) is 0. The third-order valence-electron chi connectivity index (χ3n) is 7.86. The Labute approximate surface area is 259 Å². The maximum absolute atomic E-state index is 11.0. The van der Waals surface area contributed by atoms with Gasteiger partial charge in [0.2, 0.25) is 0 Å². The maximum Gasteiger partial charge on any atom is 0.146 e. The minimum Gasteiger partial charge on any atom is -0.505 e. The molecule has 10 nitrogen and oxygen atoms in total.